The zero-order valence-corrected chi connectivity index (χ0v) is 20.8. The maximum atomic E-state index is 12.0. The average Bonchev–Trinajstić information content (AvgIpc) is 3.00. The van der Waals surface area contributed by atoms with Crippen LogP contribution >= 0.6 is 0 Å². The molecule has 8 atom stereocenters. The first-order valence-corrected chi connectivity index (χ1v) is 12.7. The summed E-state index contributed by atoms with van der Waals surface area (Å²) in [7, 11) is 0. The highest BCUT2D eigenvalue weighted by molar-refractivity contribution is 5.96. The number of oxime groups is 1. The van der Waals surface area contributed by atoms with Crippen LogP contribution in [0.25, 0.3) is 0 Å². The Morgan fingerprint density at radius 1 is 1.15 bits per heavy atom. The van der Waals surface area contributed by atoms with Crippen LogP contribution in [0.4, 0.5) is 0 Å². The van der Waals surface area contributed by atoms with Gasteiger partial charge in [0.1, 0.15) is 0 Å². The van der Waals surface area contributed by atoms with Crippen molar-refractivity contribution < 1.29 is 29.7 Å². The molecule has 0 aromatic carbocycles. The van der Waals surface area contributed by atoms with E-state index in [2.05, 4.69) is 30.4 Å². The molecule has 8 nitrogen and oxygen atoms in total. The minimum absolute atomic E-state index is 0.0227. The van der Waals surface area contributed by atoms with Crippen LogP contribution < -0.4 is 5.32 Å². The minimum atomic E-state index is -1.38. The molecule has 0 aromatic rings. The van der Waals surface area contributed by atoms with Crippen molar-refractivity contribution in [2.45, 2.75) is 96.8 Å². The van der Waals surface area contributed by atoms with Gasteiger partial charge in [-0.3, -0.25) is 4.79 Å². The molecule has 4 unspecified atom stereocenters. The number of aliphatic hydroxyl groups excluding tert-OH is 1. The number of hydrogen-bond acceptors (Lipinski definition) is 6. The monoisotopic (exact) mass is 476 g/mol. The van der Waals surface area contributed by atoms with E-state index in [0.717, 1.165) is 57.1 Å². The topological polar surface area (TPSA) is 128 Å². The number of carbonyl (C=O) groups excluding carboxylic acids is 1. The highest BCUT2D eigenvalue weighted by Crippen LogP contribution is 2.67. The number of hydrogen-bond donors (Lipinski definition) is 4. The first-order valence-electron chi connectivity index (χ1n) is 12.7. The van der Waals surface area contributed by atoms with Gasteiger partial charge in [-0.1, -0.05) is 24.6 Å². The van der Waals surface area contributed by atoms with Gasteiger partial charge in [-0.05, 0) is 99.9 Å². The number of nitrogens with zero attached hydrogens (tertiary/aromatic N) is 1. The minimum Gasteiger partial charge on any atom is -0.480 e. The van der Waals surface area contributed by atoms with Crippen LogP contribution in [0, 0.1) is 28.6 Å². The Kier molecular flexibility index (Phi) is 6.62. The fourth-order valence-corrected chi connectivity index (χ4v) is 7.66. The van der Waals surface area contributed by atoms with E-state index in [1.807, 2.05) is 6.92 Å². The second-order valence-corrected chi connectivity index (χ2v) is 11.8. The molecule has 0 bridgehead atoms. The largest absolute Gasteiger partial charge is 0.480 e. The third kappa shape index (κ3) is 4.17. The van der Waals surface area contributed by atoms with Gasteiger partial charge in [-0.2, -0.15) is 0 Å². The van der Waals surface area contributed by atoms with Gasteiger partial charge < -0.3 is 25.5 Å². The van der Waals surface area contributed by atoms with Gasteiger partial charge in [-0.25, -0.2) is 4.79 Å². The summed E-state index contributed by atoms with van der Waals surface area (Å²) in [6, 6.07) is -1.38. The van der Waals surface area contributed by atoms with Crippen molar-refractivity contribution in [3.63, 3.8) is 0 Å². The number of carboxylic acids is 1. The molecular formula is C26H40N2O6. The fourth-order valence-electron chi connectivity index (χ4n) is 7.66. The molecule has 34 heavy (non-hydrogen) atoms. The average molecular weight is 477 g/mol. The molecule has 0 saturated heterocycles. The Morgan fingerprint density at radius 2 is 1.85 bits per heavy atom. The molecule has 0 spiro atoms. The summed E-state index contributed by atoms with van der Waals surface area (Å²) in [5, 5.41) is 36.0. The van der Waals surface area contributed by atoms with E-state index in [0.29, 0.717) is 17.8 Å². The molecule has 0 aliphatic heterocycles. The van der Waals surface area contributed by atoms with Crippen molar-refractivity contribution in [1.82, 2.24) is 5.32 Å². The van der Waals surface area contributed by atoms with Crippen LogP contribution in [-0.4, -0.2) is 57.3 Å². The quantitative estimate of drug-likeness (QED) is 0.436. The molecule has 4 N–H and O–H groups in total. The molecule has 3 fully saturated rings. The maximum absolute atomic E-state index is 12.0. The standard InChI is InChI=1S/C26H40N2O6/c1-15(29)22(23(31)32)27-21(30)14-34-28-17-7-10-24(2)16(13-17)5-6-18-19(24)8-11-25(3)20(18)9-12-26(25,4)33/h13,15,18-20,22,29,33H,5-12,14H2,1-4H3,(H,27,30)(H,31,32)/b28-17+/t15?,18-,19?,20?,22?,24+,25+,26+/m1/s1. The molecule has 8 heteroatoms. The number of amides is 1. The number of carboxylic acid groups (broad SMARTS) is 1. The van der Waals surface area contributed by atoms with Crippen molar-refractivity contribution in [2.75, 3.05) is 6.61 Å². The summed E-state index contributed by atoms with van der Waals surface area (Å²) < 4.78 is 0. The van der Waals surface area contributed by atoms with E-state index in [1.54, 1.807) is 0 Å². The van der Waals surface area contributed by atoms with E-state index in [9.17, 15) is 19.8 Å². The van der Waals surface area contributed by atoms with Gasteiger partial charge in [0.05, 0.1) is 17.4 Å². The Bertz CT molecular complexity index is 896. The van der Waals surface area contributed by atoms with E-state index >= 15 is 0 Å². The predicted molar refractivity (Wildman–Crippen MR) is 127 cm³/mol. The molecule has 4 aliphatic rings. The van der Waals surface area contributed by atoms with E-state index < -0.39 is 36.2 Å². The molecule has 4 rings (SSSR count). The second kappa shape index (κ2) is 8.94. The van der Waals surface area contributed by atoms with Crippen molar-refractivity contribution >= 4 is 17.6 Å². The first-order chi connectivity index (χ1) is 15.9. The fraction of sp³-hybridized carbons (Fsp3) is 0.808. The lowest BCUT2D eigenvalue weighted by atomic mass is 9.46. The number of rotatable bonds is 6. The molecule has 0 radical (unpaired) electrons. The van der Waals surface area contributed by atoms with E-state index in [1.165, 1.54) is 12.5 Å². The van der Waals surface area contributed by atoms with Crippen molar-refractivity contribution in [1.29, 1.82) is 0 Å². The Labute approximate surface area is 201 Å². The number of aliphatic carboxylic acids is 1. The zero-order chi connectivity index (χ0) is 24.9. The molecular weight excluding hydrogens is 436 g/mol. The summed E-state index contributed by atoms with van der Waals surface area (Å²) >= 11 is 0. The van der Waals surface area contributed by atoms with Crippen LogP contribution in [0.1, 0.15) is 79.1 Å². The number of carbonyl (C=O) groups is 2. The molecule has 190 valence electrons. The highest BCUT2D eigenvalue weighted by atomic mass is 16.6. The van der Waals surface area contributed by atoms with Gasteiger partial charge >= 0.3 is 5.97 Å². The maximum Gasteiger partial charge on any atom is 0.328 e. The Hall–Kier alpha value is -1.93. The molecule has 3 saturated carbocycles. The molecule has 1 amide bonds. The third-order valence-electron chi connectivity index (χ3n) is 9.98. The Balaban J connectivity index is 1.40. The van der Waals surface area contributed by atoms with Crippen LogP contribution in [0.15, 0.2) is 16.8 Å². The zero-order valence-electron chi connectivity index (χ0n) is 20.8. The first kappa shape index (κ1) is 25.2. The number of nitrogens with one attached hydrogen (secondary N) is 1. The van der Waals surface area contributed by atoms with Crippen molar-refractivity contribution in [3.8, 4) is 0 Å². The predicted octanol–water partition coefficient (Wildman–Crippen LogP) is 3.02. The Morgan fingerprint density at radius 3 is 2.53 bits per heavy atom. The summed E-state index contributed by atoms with van der Waals surface area (Å²) in [6.45, 7) is 7.67. The van der Waals surface area contributed by atoms with Gasteiger partial charge in [0.25, 0.3) is 5.91 Å². The molecule has 0 heterocycles. The van der Waals surface area contributed by atoms with E-state index in [-0.39, 0.29) is 10.8 Å². The van der Waals surface area contributed by atoms with Crippen molar-refractivity contribution in [3.05, 3.63) is 11.6 Å². The van der Waals surface area contributed by atoms with Gasteiger partial charge in [-0.15, -0.1) is 0 Å². The SMILES string of the molecule is CC(O)C(NC(=O)CO/N=C1/C=C2CC[C@@H]3C(CC[C@@]4(C)C3CC[C@]4(C)O)[C@@]2(C)CC1)C(=O)O. The van der Waals surface area contributed by atoms with Gasteiger partial charge in [0, 0.05) is 0 Å². The lowest BCUT2D eigenvalue weighted by molar-refractivity contribution is -0.145. The van der Waals surface area contributed by atoms with E-state index in [4.69, 9.17) is 9.94 Å². The van der Waals surface area contributed by atoms with Gasteiger partial charge in [0.15, 0.2) is 12.6 Å². The summed E-state index contributed by atoms with van der Waals surface area (Å²) in [5.41, 5.74) is 1.83. The summed E-state index contributed by atoms with van der Waals surface area (Å²) in [4.78, 5) is 28.3. The molecule has 0 aromatic heterocycles. The number of fused-ring (bicyclic) bond motifs is 5. The smallest absolute Gasteiger partial charge is 0.328 e. The van der Waals surface area contributed by atoms with Gasteiger partial charge in [0.2, 0.25) is 0 Å². The van der Waals surface area contributed by atoms with Crippen LogP contribution in [0.2, 0.25) is 0 Å². The van der Waals surface area contributed by atoms with Crippen molar-refractivity contribution in [2.24, 2.45) is 33.7 Å². The summed E-state index contributed by atoms with van der Waals surface area (Å²) in [5.74, 6) is -0.0617. The molecule has 4 aliphatic carbocycles. The lowest BCUT2D eigenvalue weighted by Crippen LogP contribution is -2.53. The number of aliphatic hydroxyl groups is 2. The number of allylic oxidation sites excluding steroid dienone is 2. The van der Waals surface area contributed by atoms with Crippen LogP contribution in [0.5, 0.6) is 0 Å². The third-order valence-corrected chi connectivity index (χ3v) is 9.98. The summed E-state index contributed by atoms with van der Waals surface area (Å²) in [6.07, 6.45) is 9.14. The van der Waals surface area contributed by atoms with Crippen LogP contribution in [-0.2, 0) is 14.4 Å². The highest BCUT2D eigenvalue weighted by Gasteiger charge is 2.62. The second-order valence-electron chi connectivity index (χ2n) is 11.8. The van der Waals surface area contributed by atoms with Crippen LogP contribution in [0.3, 0.4) is 0 Å². The lowest BCUT2D eigenvalue weighted by Gasteiger charge is -2.59. The normalized spacial score (nSPS) is 42.0.